The van der Waals surface area contributed by atoms with Gasteiger partial charge in [-0.05, 0) is 131 Å². The summed E-state index contributed by atoms with van der Waals surface area (Å²) in [5.74, 6) is 0. The van der Waals surface area contributed by atoms with E-state index in [1.54, 1.807) is 0 Å². The average molecular weight is 816 g/mol. The maximum absolute atomic E-state index is 5.51. The van der Waals surface area contributed by atoms with Gasteiger partial charge in [-0.25, -0.2) is 0 Å². The van der Waals surface area contributed by atoms with Crippen LogP contribution in [0.25, 0.3) is 49.5 Å². The van der Waals surface area contributed by atoms with Crippen LogP contribution in [0.5, 0.6) is 0 Å². The molecule has 0 saturated heterocycles. The fraction of sp³-hybridized carbons (Fsp3) is 0.0328. The van der Waals surface area contributed by atoms with Crippen molar-refractivity contribution in [2.24, 2.45) is 4.99 Å². The molecule has 13 rings (SSSR count). The van der Waals surface area contributed by atoms with Gasteiger partial charge in [0.25, 0.3) is 0 Å². The van der Waals surface area contributed by atoms with Crippen LogP contribution in [-0.2, 0) is 5.41 Å². The minimum atomic E-state index is -0.640. The number of nitrogens with zero attached hydrogens (tertiary/aromatic N) is 2. The number of aliphatic imine (C=N–C) groups is 1. The molecule has 1 spiro atoms. The lowest BCUT2D eigenvalue weighted by molar-refractivity contribution is 0.660. The summed E-state index contributed by atoms with van der Waals surface area (Å²) in [4.78, 5) is 8.01. The quantitative estimate of drug-likeness (QED) is 0.187. The second-order valence-corrected chi connectivity index (χ2v) is 17.1. The van der Waals surface area contributed by atoms with E-state index < -0.39 is 5.41 Å². The highest BCUT2D eigenvalue weighted by atomic mass is 15.2. The van der Waals surface area contributed by atoms with E-state index in [1.165, 1.54) is 77.4 Å². The van der Waals surface area contributed by atoms with Gasteiger partial charge in [0.15, 0.2) is 0 Å². The zero-order chi connectivity index (χ0) is 42.2. The number of nitrogens with one attached hydrogen (secondary N) is 1. The van der Waals surface area contributed by atoms with E-state index in [0.29, 0.717) is 0 Å². The van der Waals surface area contributed by atoms with Crippen molar-refractivity contribution in [1.29, 1.82) is 0 Å². The van der Waals surface area contributed by atoms with Crippen LogP contribution in [0, 0.1) is 0 Å². The van der Waals surface area contributed by atoms with Gasteiger partial charge in [0.1, 0.15) is 6.17 Å². The largest absolute Gasteiger partial charge is 0.360 e. The first kappa shape index (κ1) is 36.4. The molecule has 0 bridgehead atoms. The Balaban J connectivity index is 1.05. The number of para-hydroxylation sites is 1. The van der Waals surface area contributed by atoms with Crippen molar-refractivity contribution in [1.82, 2.24) is 5.32 Å². The predicted octanol–water partition coefficient (Wildman–Crippen LogP) is 14.9. The summed E-state index contributed by atoms with van der Waals surface area (Å²) in [6.45, 7) is 0. The molecule has 1 atom stereocenters. The van der Waals surface area contributed by atoms with Crippen molar-refractivity contribution in [2.45, 2.75) is 11.6 Å². The molecule has 0 radical (unpaired) electrons. The Morgan fingerprint density at radius 3 is 1.53 bits per heavy atom. The Kier molecular flexibility index (Phi) is 8.19. The van der Waals surface area contributed by atoms with Crippen LogP contribution >= 0.6 is 0 Å². The zero-order valence-electron chi connectivity index (χ0n) is 35.0. The van der Waals surface area contributed by atoms with Crippen LogP contribution in [0.3, 0.4) is 0 Å². The SMILES string of the molecule is C1=C(c2ccc(-c3ccccc3)cc2)NC(c2ccc3c(c2)C2(c4ccccc4-3)c3cc4ccccc4cc3N(c3ccccc3)c3cc4ccccc4cc32)N=C1c1ccccc1. The molecule has 2 heterocycles. The van der Waals surface area contributed by atoms with E-state index in [0.717, 1.165) is 33.8 Å². The number of anilines is 3. The summed E-state index contributed by atoms with van der Waals surface area (Å²) >= 11 is 0. The second kappa shape index (κ2) is 14.4. The van der Waals surface area contributed by atoms with Gasteiger partial charge in [0.2, 0.25) is 0 Å². The predicted molar refractivity (Wildman–Crippen MR) is 266 cm³/mol. The average Bonchev–Trinajstić information content (AvgIpc) is 3.66. The third kappa shape index (κ3) is 5.57. The molecule has 2 aliphatic heterocycles. The Morgan fingerprint density at radius 1 is 0.391 bits per heavy atom. The Bertz CT molecular complexity index is 3430. The van der Waals surface area contributed by atoms with Crippen LogP contribution < -0.4 is 10.2 Å². The van der Waals surface area contributed by atoms with E-state index in [4.69, 9.17) is 4.99 Å². The molecule has 3 aliphatic rings. The van der Waals surface area contributed by atoms with Gasteiger partial charge < -0.3 is 10.2 Å². The van der Waals surface area contributed by atoms with Gasteiger partial charge in [-0.3, -0.25) is 4.99 Å². The summed E-state index contributed by atoms with van der Waals surface area (Å²) in [6.07, 6.45) is 1.86. The Morgan fingerprint density at radius 2 is 0.891 bits per heavy atom. The summed E-state index contributed by atoms with van der Waals surface area (Å²) in [5, 5.41) is 8.80. The lowest BCUT2D eigenvalue weighted by atomic mass is 9.64. The molecule has 0 saturated carbocycles. The summed E-state index contributed by atoms with van der Waals surface area (Å²) in [6, 6.07) is 84.5. The molecule has 0 aromatic heterocycles. The lowest BCUT2D eigenvalue weighted by Crippen LogP contribution is -2.36. The maximum atomic E-state index is 5.51. The van der Waals surface area contributed by atoms with Crippen LogP contribution in [0.4, 0.5) is 17.1 Å². The minimum absolute atomic E-state index is 0.341. The first-order chi connectivity index (χ1) is 31.7. The van der Waals surface area contributed by atoms with Crippen LogP contribution in [0.1, 0.15) is 45.1 Å². The highest BCUT2D eigenvalue weighted by molar-refractivity contribution is 6.13. The molecule has 300 valence electrons. The first-order valence-electron chi connectivity index (χ1n) is 22.1. The van der Waals surface area contributed by atoms with Crippen molar-refractivity contribution in [3.05, 3.63) is 276 Å². The molecule has 3 heteroatoms. The highest BCUT2D eigenvalue weighted by Gasteiger charge is 2.52. The summed E-state index contributed by atoms with van der Waals surface area (Å²) in [5.41, 5.74) is 18.2. The van der Waals surface area contributed by atoms with Crippen molar-refractivity contribution in [2.75, 3.05) is 4.90 Å². The normalized spacial score (nSPS) is 15.4. The van der Waals surface area contributed by atoms with Gasteiger partial charge in [-0.2, -0.15) is 0 Å². The Hall–Kier alpha value is -8.27. The van der Waals surface area contributed by atoms with Crippen LogP contribution in [-0.4, -0.2) is 5.71 Å². The molecule has 1 unspecified atom stereocenters. The van der Waals surface area contributed by atoms with E-state index in [-0.39, 0.29) is 6.17 Å². The topological polar surface area (TPSA) is 27.6 Å². The minimum Gasteiger partial charge on any atom is -0.360 e. The standard InChI is InChI=1S/C61H41N3/c1-4-16-40(17-5-1)41-28-30-43(31-29-41)57-39-56(42-18-6-2-7-19-42)62-60(63-57)48-32-33-51-50-26-14-15-27-52(50)61(53(51)36-48)54-34-44-20-10-12-22-46(44)37-58(54)64(49-24-8-3-9-25-49)59-38-47-23-13-11-21-45(47)35-55(59)61/h1-39,60,63H. The van der Waals surface area contributed by atoms with E-state index in [1.807, 2.05) is 0 Å². The fourth-order valence-electron chi connectivity index (χ4n) is 10.7. The third-order valence-electron chi connectivity index (χ3n) is 13.6. The molecule has 10 aromatic rings. The number of hydrogen-bond acceptors (Lipinski definition) is 3. The second-order valence-electron chi connectivity index (χ2n) is 17.1. The first-order valence-corrected chi connectivity index (χ1v) is 22.1. The van der Waals surface area contributed by atoms with Gasteiger partial charge in [0, 0.05) is 11.4 Å². The van der Waals surface area contributed by atoms with Gasteiger partial charge in [0.05, 0.1) is 22.5 Å². The maximum Gasteiger partial charge on any atom is 0.145 e. The number of fused-ring (bicyclic) bond motifs is 11. The molecular weight excluding hydrogens is 775 g/mol. The van der Waals surface area contributed by atoms with Crippen molar-refractivity contribution < 1.29 is 0 Å². The lowest BCUT2D eigenvalue weighted by Gasteiger charge is -2.45. The number of allylic oxidation sites excluding steroid dienone is 1. The number of rotatable bonds is 5. The van der Waals surface area contributed by atoms with Crippen molar-refractivity contribution in [3.63, 3.8) is 0 Å². The van der Waals surface area contributed by atoms with Gasteiger partial charge in [-0.1, -0.05) is 188 Å². The highest BCUT2D eigenvalue weighted by Crippen LogP contribution is 2.64. The summed E-state index contributed by atoms with van der Waals surface area (Å²) < 4.78 is 0. The molecule has 1 N–H and O–H groups in total. The molecule has 0 amide bonds. The molecule has 0 fully saturated rings. The van der Waals surface area contributed by atoms with E-state index in [9.17, 15) is 0 Å². The smallest absolute Gasteiger partial charge is 0.145 e. The monoisotopic (exact) mass is 815 g/mol. The molecular formula is C61H41N3. The van der Waals surface area contributed by atoms with E-state index in [2.05, 4.69) is 247 Å². The van der Waals surface area contributed by atoms with Gasteiger partial charge >= 0.3 is 0 Å². The van der Waals surface area contributed by atoms with E-state index >= 15 is 0 Å². The molecule has 64 heavy (non-hydrogen) atoms. The van der Waals surface area contributed by atoms with Gasteiger partial charge in [-0.15, -0.1) is 0 Å². The molecule has 1 aliphatic carbocycles. The number of benzene rings is 10. The van der Waals surface area contributed by atoms with Crippen LogP contribution in [0.2, 0.25) is 0 Å². The summed E-state index contributed by atoms with van der Waals surface area (Å²) in [7, 11) is 0. The molecule has 10 aromatic carbocycles. The zero-order valence-corrected chi connectivity index (χ0v) is 35.0. The third-order valence-corrected chi connectivity index (χ3v) is 13.6. The van der Waals surface area contributed by atoms with Crippen molar-refractivity contribution in [3.8, 4) is 22.3 Å². The fourth-order valence-corrected chi connectivity index (χ4v) is 10.7. The molecule has 3 nitrogen and oxygen atoms in total. The van der Waals surface area contributed by atoms with Crippen molar-refractivity contribution >= 4 is 50.0 Å². The Labute approximate surface area is 373 Å². The number of hydrogen-bond donors (Lipinski definition) is 1. The van der Waals surface area contributed by atoms with Crippen LogP contribution in [0.15, 0.2) is 242 Å².